The van der Waals surface area contributed by atoms with Crippen molar-refractivity contribution >= 4 is 28.3 Å². The zero-order valence-corrected chi connectivity index (χ0v) is 18.9. The number of hydrogen-bond acceptors (Lipinski definition) is 6. The molecule has 9 heteroatoms. The fourth-order valence-corrected chi connectivity index (χ4v) is 3.61. The van der Waals surface area contributed by atoms with E-state index in [1.807, 2.05) is 6.92 Å². The number of hydrogen-bond donors (Lipinski definition) is 2. The molecule has 1 heterocycles. The molecule has 1 amide bonds. The van der Waals surface area contributed by atoms with E-state index in [-0.39, 0.29) is 10.8 Å². The van der Waals surface area contributed by atoms with Crippen molar-refractivity contribution in [1.29, 1.82) is 0 Å². The minimum atomic E-state index is -1.30. The number of fused-ring (bicyclic) bond motifs is 1. The lowest BCUT2D eigenvalue weighted by Crippen LogP contribution is -2.34. The molecule has 1 aromatic heterocycles. The monoisotopic (exact) mass is 473 g/mol. The highest BCUT2D eigenvalue weighted by atomic mass is 16.5. The highest BCUT2D eigenvalue weighted by molar-refractivity contribution is 5.97. The summed E-state index contributed by atoms with van der Waals surface area (Å²) < 4.78 is 11.9. The molecule has 4 aromatic rings. The lowest BCUT2D eigenvalue weighted by Gasteiger charge is -2.19. The summed E-state index contributed by atoms with van der Waals surface area (Å²) >= 11 is 0. The van der Waals surface area contributed by atoms with Crippen molar-refractivity contribution in [2.45, 2.75) is 19.6 Å². The molecule has 35 heavy (non-hydrogen) atoms. The number of aromatic amines is 1. The molecule has 0 radical (unpaired) electrons. The molecule has 2 N–H and O–H groups in total. The molecule has 0 fully saturated rings. The summed E-state index contributed by atoms with van der Waals surface area (Å²) in [6.07, 6.45) is -1.30. The van der Waals surface area contributed by atoms with Crippen molar-refractivity contribution in [3.8, 4) is 5.75 Å². The number of ether oxygens (including phenoxy) is 2. The largest absolute Gasteiger partial charge is 0.492 e. The van der Waals surface area contributed by atoms with E-state index < -0.39 is 35.6 Å². The van der Waals surface area contributed by atoms with E-state index in [1.54, 1.807) is 66.7 Å². The zero-order chi connectivity index (χ0) is 24.8. The molecule has 1 unspecified atom stereocenters. The first-order chi connectivity index (χ1) is 17.0. The van der Waals surface area contributed by atoms with Crippen molar-refractivity contribution in [2.75, 3.05) is 11.9 Å². The van der Waals surface area contributed by atoms with Crippen LogP contribution < -0.4 is 21.2 Å². The predicted octanol–water partition coefficient (Wildman–Crippen LogP) is 3.01. The minimum Gasteiger partial charge on any atom is -0.492 e. The van der Waals surface area contributed by atoms with Crippen LogP contribution in [0, 0.1) is 0 Å². The van der Waals surface area contributed by atoms with Gasteiger partial charge in [-0.05, 0) is 31.2 Å². The van der Waals surface area contributed by atoms with Gasteiger partial charge in [-0.1, -0.05) is 54.6 Å². The Bertz CT molecular complexity index is 1480. The van der Waals surface area contributed by atoms with Crippen LogP contribution in [0.5, 0.6) is 5.75 Å². The number of aromatic nitrogens is 2. The van der Waals surface area contributed by atoms with E-state index in [9.17, 15) is 19.2 Å². The van der Waals surface area contributed by atoms with Crippen LogP contribution in [0.2, 0.25) is 0 Å². The lowest BCUT2D eigenvalue weighted by molar-refractivity contribution is -0.155. The van der Waals surface area contributed by atoms with Gasteiger partial charge in [0.05, 0.1) is 23.1 Å². The van der Waals surface area contributed by atoms with Crippen LogP contribution in [-0.4, -0.2) is 28.3 Å². The van der Waals surface area contributed by atoms with Crippen molar-refractivity contribution in [2.24, 2.45) is 0 Å². The fourth-order valence-electron chi connectivity index (χ4n) is 3.61. The van der Waals surface area contributed by atoms with E-state index >= 15 is 0 Å². The number of anilines is 1. The summed E-state index contributed by atoms with van der Waals surface area (Å²) in [5.74, 6) is -1.00. The molecule has 0 aliphatic rings. The second kappa shape index (κ2) is 10.5. The molecule has 4 rings (SSSR count). The Morgan fingerprint density at radius 1 is 0.914 bits per heavy atom. The van der Waals surface area contributed by atoms with Gasteiger partial charge in [-0.25, -0.2) is 4.68 Å². The lowest BCUT2D eigenvalue weighted by atomic mass is 10.1. The van der Waals surface area contributed by atoms with Gasteiger partial charge >= 0.3 is 5.97 Å². The first-order valence-electron chi connectivity index (χ1n) is 11.0. The third-order valence-corrected chi connectivity index (χ3v) is 5.21. The molecular weight excluding hydrogens is 450 g/mol. The normalized spacial score (nSPS) is 11.6. The number of carbonyl (C=O) groups is 2. The molecule has 3 aromatic carbocycles. The number of nitrogens with zero attached hydrogens (tertiary/aromatic N) is 1. The first kappa shape index (κ1) is 23.5. The van der Waals surface area contributed by atoms with Crippen molar-refractivity contribution in [3.05, 3.63) is 105 Å². The third-order valence-electron chi connectivity index (χ3n) is 5.21. The van der Waals surface area contributed by atoms with Crippen LogP contribution >= 0.6 is 0 Å². The van der Waals surface area contributed by atoms with Gasteiger partial charge < -0.3 is 14.8 Å². The number of benzene rings is 3. The molecule has 1 atom stereocenters. The van der Waals surface area contributed by atoms with Crippen molar-refractivity contribution in [3.63, 3.8) is 0 Å². The molecule has 0 saturated heterocycles. The average molecular weight is 473 g/mol. The average Bonchev–Trinajstić information content (AvgIpc) is 2.87. The van der Waals surface area contributed by atoms with Gasteiger partial charge in [0.2, 0.25) is 6.10 Å². The maximum absolute atomic E-state index is 13.2. The van der Waals surface area contributed by atoms with E-state index in [2.05, 4.69) is 10.4 Å². The van der Waals surface area contributed by atoms with E-state index in [1.165, 1.54) is 12.1 Å². The van der Waals surface area contributed by atoms with Crippen molar-refractivity contribution < 1.29 is 19.1 Å². The van der Waals surface area contributed by atoms with Gasteiger partial charge in [0.25, 0.3) is 17.0 Å². The summed E-state index contributed by atoms with van der Waals surface area (Å²) in [7, 11) is 0. The Kier molecular flexibility index (Phi) is 7.06. The Balaban J connectivity index is 1.59. The van der Waals surface area contributed by atoms with Crippen LogP contribution in [0.25, 0.3) is 10.8 Å². The summed E-state index contributed by atoms with van der Waals surface area (Å²) in [6, 6.07) is 21.7. The third kappa shape index (κ3) is 5.30. The summed E-state index contributed by atoms with van der Waals surface area (Å²) in [4.78, 5) is 51.1. The Hall–Kier alpha value is -4.66. The summed E-state index contributed by atoms with van der Waals surface area (Å²) in [5, 5.41) is 5.52. The van der Waals surface area contributed by atoms with Crippen molar-refractivity contribution in [1.82, 2.24) is 9.78 Å². The number of rotatable bonds is 8. The highest BCUT2D eigenvalue weighted by Crippen LogP contribution is 2.26. The Labute approximate surface area is 199 Å². The molecule has 0 saturated carbocycles. The first-order valence-corrected chi connectivity index (χ1v) is 11.0. The number of amides is 1. The van der Waals surface area contributed by atoms with Crippen LogP contribution in [0.4, 0.5) is 5.69 Å². The van der Waals surface area contributed by atoms with Gasteiger partial charge in [0, 0.05) is 5.56 Å². The minimum absolute atomic E-state index is 0.175. The van der Waals surface area contributed by atoms with Crippen LogP contribution in [0.15, 0.2) is 88.5 Å². The van der Waals surface area contributed by atoms with Gasteiger partial charge in [0.15, 0.2) is 0 Å². The topological polar surface area (TPSA) is 119 Å². The van der Waals surface area contributed by atoms with E-state index in [4.69, 9.17) is 9.47 Å². The van der Waals surface area contributed by atoms with Gasteiger partial charge in [0.1, 0.15) is 12.3 Å². The van der Waals surface area contributed by atoms with Gasteiger partial charge in [-0.3, -0.25) is 24.3 Å². The summed E-state index contributed by atoms with van der Waals surface area (Å²) in [5.41, 5.74) is -0.209. The molecule has 178 valence electrons. The van der Waals surface area contributed by atoms with Crippen LogP contribution in [0.3, 0.4) is 0 Å². The predicted molar refractivity (Wildman–Crippen MR) is 130 cm³/mol. The van der Waals surface area contributed by atoms with Gasteiger partial charge in [-0.15, -0.1) is 0 Å². The number of H-pyrrole nitrogens is 1. The Morgan fingerprint density at radius 3 is 2.31 bits per heavy atom. The maximum atomic E-state index is 13.2. The number of nitrogens with one attached hydrogen (secondary N) is 2. The smallest absolute Gasteiger partial charge is 0.328 e. The summed E-state index contributed by atoms with van der Waals surface area (Å²) in [6.45, 7) is 1.65. The molecule has 0 aliphatic carbocycles. The number of carbonyl (C=O) groups excluding carboxylic acids is 2. The fraction of sp³-hybridized carbons (Fsp3) is 0.154. The van der Waals surface area contributed by atoms with Crippen LogP contribution in [-0.2, 0) is 20.9 Å². The highest BCUT2D eigenvalue weighted by Gasteiger charge is 2.26. The van der Waals surface area contributed by atoms with Crippen LogP contribution in [0.1, 0.15) is 18.6 Å². The molecular formula is C26H23N3O6. The van der Waals surface area contributed by atoms with E-state index in [0.29, 0.717) is 23.6 Å². The molecule has 0 spiro atoms. The molecule has 0 bridgehead atoms. The standard InChI is InChI=1S/C26H23N3O6/c1-2-34-21-15-9-8-14-20(21)27-25(32)23(17-10-4-3-5-11-17)35-22(30)16-29-26(33)19-13-7-6-12-18(19)24(31)28-29/h3-15,23H,2,16H2,1H3,(H,27,32)(H,28,31). The number of esters is 1. The molecule has 0 aliphatic heterocycles. The molecule has 9 nitrogen and oxygen atoms in total. The number of para-hydroxylation sites is 2. The maximum Gasteiger partial charge on any atom is 0.328 e. The van der Waals surface area contributed by atoms with E-state index in [0.717, 1.165) is 4.68 Å². The zero-order valence-electron chi connectivity index (χ0n) is 18.9. The van der Waals surface area contributed by atoms with Gasteiger partial charge in [-0.2, -0.15) is 0 Å². The SMILES string of the molecule is CCOc1ccccc1NC(=O)C(OC(=O)Cn1[nH]c(=O)c2ccccc2c1=O)c1ccccc1. The second-order valence-corrected chi connectivity index (χ2v) is 7.58. The quantitative estimate of drug-likeness (QED) is 0.380. The second-order valence-electron chi connectivity index (χ2n) is 7.58. The Morgan fingerprint density at radius 2 is 1.57 bits per heavy atom.